The van der Waals surface area contributed by atoms with E-state index in [1.165, 1.54) is 6.08 Å². The van der Waals surface area contributed by atoms with Crippen LogP contribution in [0.1, 0.15) is 56.2 Å². The summed E-state index contributed by atoms with van der Waals surface area (Å²) in [5, 5.41) is 19.7. The second-order valence-corrected chi connectivity index (χ2v) is 10.0. The second kappa shape index (κ2) is 9.68. The molecule has 2 aliphatic carbocycles. The smallest absolute Gasteiger partial charge is 0.343 e. The first-order valence-electron chi connectivity index (χ1n) is 12.6. The van der Waals surface area contributed by atoms with E-state index in [9.17, 15) is 20.1 Å². The molecule has 1 aromatic heterocycles. The molecule has 0 amide bonds. The number of esters is 1. The fourth-order valence-corrected chi connectivity index (χ4v) is 5.46. The highest BCUT2D eigenvalue weighted by Crippen LogP contribution is 2.58. The van der Waals surface area contributed by atoms with E-state index in [-0.39, 0.29) is 46.3 Å². The maximum Gasteiger partial charge on any atom is 0.343 e. The minimum absolute atomic E-state index is 0.00531. The quantitative estimate of drug-likeness (QED) is 0.181. The van der Waals surface area contributed by atoms with Crippen molar-refractivity contribution in [1.82, 2.24) is 0 Å². The van der Waals surface area contributed by atoms with Crippen LogP contribution in [-0.4, -0.2) is 18.2 Å². The van der Waals surface area contributed by atoms with E-state index < -0.39 is 11.2 Å². The van der Waals surface area contributed by atoms with E-state index in [0.717, 1.165) is 17.5 Å². The summed E-state index contributed by atoms with van der Waals surface area (Å²) >= 11 is 0. The van der Waals surface area contributed by atoms with Crippen molar-refractivity contribution >= 4 is 23.0 Å². The number of carbonyl (C=O) groups is 1. The zero-order chi connectivity index (χ0) is 27.9. The third-order valence-corrected chi connectivity index (χ3v) is 7.32. The molecule has 0 radical (unpaired) electrons. The summed E-state index contributed by atoms with van der Waals surface area (Å²) in [7, 11) is 0. The minimum atomic E-state index is -1.00. The molecule has 192 valence electrons. The first-order chi connectivity index (χ1) is 18.7. The van der Waals surface area contributed by atoms with Crippen LogP contribution in [0.15, 0.2) is 56.1 Å². The molecular formula is C31H23N3O5. The lowest BCUT2D eigenvalue weighted by molar-refractivity contribution is -0.145. The van der Waals surface area contributed by atoms with Gasteiger partial charge >= 0.3 is 17.3 Å². The van der Waals surface area contributed by atoms with Gasteiger partial charge in [0.15, 0.2) is 5.76 Å². The fraction of sp³-hybridized carbons (Fsp3) is 0.323. The van der Waals surface area contributed by atoms with Crippen molar-refractivity contribution in [3.63, 3.8) is 0 Å². The van der Waals surface area contributed by atoms with Crippen LogP contribution in [-0.2, 0) is 14.3 Å². The van der Waals surface area contributed by atoms with Crippen molar-refractivity contribution in [3.05, 3.63) is 85.4 Å². The van der Waals surface area contributed by atoms with Gasteiger partial charge in [0.25, 0.3) is 0 Å². The monoisotopic (exact) mass is 517 g/mol. The maximum atomic E-state index is 12.9. The van der Waals surface area contributed by atoms with Crippen molar-refractivity contribution in [2.75, 3.05) is 6.61 Å². The Labute approximate surface area is 225 Å². The molecule has 1 aliphatic heterocycles. The number of fused-ring (bicyclic) bond motifs is 4. The summed E-state index contributed by atoms with van der Waals surface area (Å²) in [6.45, 7) is 12.8. The van der Waals surface area contributed by atoms with Crippen LogP contribution in [0.2, 0.25) is 0 Å². The maximum absolute atomic E-state index is 12.9. The number of nitriles is 2. The highest BCUT2D eigenvalue weighted by atomic mass is 16.5. The van der Waals surface area contributed by atoms with Gasteiger partial charge in [-0.1, -0.05) is 17.9 Å². The van der Waals surface area contributed by atoms with Gasteiger partial charge in [0.2, 0.25) is 0 Å². The average molecular weight is 518 g/mol. The third-order valence-electron chi connectivity index (χ3n) is 7.32. The highest BCUT2D eigenvalue weighted by Gasteiger charge is 2.56. The SMILES string of the molecule is [C-]#[N+]/C(C#N)=C1\OC(C)(C)C(/C=C/c2cc3cc4c(cc3oc2=O)C#CCCC2C(C(=O)OCC)C42)=C1C#N. The summed E-state index contributed by atoms with van der Waals surface area (Å²) in [6.07, 6.45) is 4.62. The lowest BCUT2D eigenvalue weighted by Gasteiger charge is -2.20. The summed E-state index contributed by atoms with van der Waals surface area (Å²) in [4.78, 5) is 28.6. The molecule has 3 atom stereocenters. The number of hydrogen-bond donors (Lipinski definition) is 0. The van der Waals surface area contributed by atoms with Gasteiger partial charge in [-0.15, -0.1) is 0 Å². The average Bonchev–Trinajstić information content (AvgIpc) is 3.53. The third kappa shape index (κ3) is 4.37. The second-order valence-electron chi connectivity index (χ2n) is 10.0. The van der Waals surface area contributed by atoms with Gasteiger partial charge in [-0.2, -0.15) is 5.26 Å². The molecular weight excluding hydrogens is 494 g/mol. The number of hydrogen-bond acceptors (Lipinski definition) is 7. The first kappa shape index (κ1) is 25.6. The lowest BCUT2D eigenvalue weighted by atomic mass is 9.94. The van der Waals surface area contributed by atoms with E-state index in [4.69, 9.17) is 20.5 Å². The van der Waals surface area contributed by atoms with Crippen LogP contribution in [0.25, 0.3) is 21.9 Å². The Hall–Kier alpha value is -5.05. The van der Waals surface area contributed by atoms with Crippen LogP contribution in [0, 0.1) is 52.9 Å². The molecule has 0 saturated heterocycles. The number of benzene rings is 1. The number of carbonyl (C=O) groups excluding carboxylic acids is 1. The van der Waals surface area contributed by atoms with Crippen molar-refractivity contribution in [2.45, 2.75) is 45.1 Å². The van der Waals surface area contributed by atoms with Crippen LogP contribution >= 0.6 is 0 Å². The molecule has 8 heteroatoms. The van der Waals surface area contributed by atoms with E-state index in [1.54, 1.807) is 45.0 Å². The lowest BCUT2D eigenvalue weighted by Crippen LogP contribution is -2.20. The molecule has 3 unspecified atom stereocenters. The predicted octanol–water partition coefficient (Wildman–Crippen LogP) is 5.13. The molecule has 1 aromatic carbocycles. The summed E-state index contributed by atoms with van der Waals surface area (Å²) in [5.41, 5.74) is 0.939. The molecule has 8 nitrogen and oxygen atoms in total. The van der Waals surface area contributed by atoms with Gasteiger partial charge in [-0.25, -0.2) is 14.9 Å². The van der Waals surface area contributed by atoms with Gasteiger partial charge in [-0.05, 0) is 62.9 Å². The fourth-order valence-electron chi connectivity index (χ4n) is 5.46. The molecule has 1 saturated carbocycles. The van der Waals surface area contributed by atoms with Gasteiger partial charge in [0.05, 0.1) is 36.3 Å². The topological polar surface area (TPSA) is 118 Å². The van der Waals surface area contributed by atoms with Crippen molar-refractivity contribution in [2.24, 2.45) is 11.8 Å². The van der Waals surface area contributed by atoms with E-state index in [0.29, 0.717) is 29.6 Å². The molecule has 5 rings (SSSR count). The largest absolute Gasteiger partial charge is 0.492 e. The van der Waals surface area contributed by atoms with Gasteiger partial charge in [0.1, 0.15) is 17.3 Å². The number of allylic oxidation sites excluding steroid dienone is 2. The molecule has 2 aromatic rings. The zero-order valence-corrected chi connectivity index (χ0v) is 21.6. The normalized spacial score (nSPS) is 23.5. The Morgan fingerprint density at radius 3 is 2.79 bits per heavy atom. The van der Waals surface area contributed by atoms with Crippen LogP contribution in [0.5, 0.6) is 0 Å². The van der Waals surface area contributed by atoms with E-state index in [1.807, 2.05) is 12.1 Å². The Kier molecular flexibility index (Phi) is 6.35. The minimum Gasteiger partial charge on any atom is -0.492 e. The molecule has 39 heavy (non-hydrogen) atoms. The van der Waals surface area contributed by atoms with Crippen molar-refractivity contribution in [3.8, 4) is 24.0 Å². The Bertz CT molecular complexity index is 1760. The van der Waals surface area contributed by atoms with Crippen LogP contribution in [0.3, 0.4) is 0 Å². The van der Waals surface area contributed by atoms with Crippen molar-refractivity contribution in [1.29, 1.82) is 10.5 Å². The summed E-state index contributed by atoms with van der Waals surface area (Å²) < 4.78 is 16.7. The zero-order valence-electron chi connectivity index (χ0n) is 21.6. The Balaban J connectivity index is 1.58. The summed E-state index contributed by atoms with van der Waals surface area (Å²) in [6, 6.07) is 9.18. The van der Waals surface area contributed by atoms with E-state index >= 15 is 0 Å². The Morgan fingerprint density at radius 2 is 2.10 bits per heavy atom. The standard InChI is InChI=1S/C31H23N3O5/c1-5-37-30(36)27-20-9-7-6-8-17-14-25-19(13-21(17)26(20)27)12-18(29(35)38-25)10-11-23-22(15-32)28(24(16-33)34-4)39-31(23,2)3/h10-14,20,26-27H,5,7,9H2,1-3H3/b11-10+,28-24-. The molecule has 0 bridgehead atoms. The molecule has 3 aliphatic rings. The first-order valence-corrected chi connectivity index (χ1v) is 12.6. The van der Waals surface area contributed by atoms with Gasteiger partial charge in [0, 0.05) is 28.9 Å². The predicted molar refractivity (Wildman–Crippen MR) is 141 cm³/mol. The molecule has 0 spiro atoms. The molecule has 1 fully saturated rings. The van der Waals surface area contributed by atoms with Crippen LogP contribution in [0.4, 0.5) is 0 Å². The summed E-state index contributed by atoms with van der Waals surface area (Å²) in [5.74, 6) is 6.02. The van der Waals surface area contributed by atoms with E-state index in [2.05, 4.69) is 16.7 Å². The number of ether oxygens (including phenoxy) is 2. The highest BCUT2D eigenvalue weighted by molar-refractivity contribution is 5.84. The molecule has 2 heterocycles. The number of nitrogens with zero attached hydrogens (tertiary/aromatic N) is 3. The Morgan fingerprint density at radius 1 is 1.31 bits per heavy atom. The number of rotatable bonds is 4. The van der Waals surface area contributed by atoms with Gasteiger partial charge < -0.3 is 13.9 Å². The van der Waals surface area contributed by atoms with Crippen LogP contribution < -0.4 is 5.63 Å². The van der Waals surface area contributed by atoms with Gasteiger partial charge in [-0.3, -0.25) is 4.79 Å². The van der Waals surface area contributed by atoms with Crippen molar-refractivity contribution < 1.29 is 18.7 Å². The molecule has 0 N–H and O–H groups in total.